The lowest BCUT2D eigenvalue weighted by molar-refractivity contribution is -0.114. The van der Waals surface area contributed by atoms with Crippen LogP contribution in [0.2, 0.25) is 0 Å². The van der Waals surface area contributed by atoms with Crippen LogP contribution in [-0.2, 0) is 4.79 Å². The summed E-state index contributed by atoms with van der Waals surface area (Å²) in [5.74, 6) is -0.0939. The average molecular weight is 219 g/mol. The molecule has 1 aromatic rings. The number of amides is 3. The molecule has 5 heteroatoms. The Morgan fingerprint density at radius 2 is 2.06 bits per heavy atom. The fourth-order valence-corrected chi connectivity index (χ4v) is 1.66. The van der Waals surface area contributed by atoms with Gasteiger partial charge in [-0.25, -0.2) is 4.79 Å². The molecule has 0 unspecified atom stereocenters. The number of urea groups is 1. The van der Waals surface area contributed by atoms with E-state index in [4.69, 9.17) is 0 Å². The molecule has 1 aliphatic rings. The second-order valence-corrected chi connectivity index (χ2v) is 3.71. The van der Waals surface area contributed by atoms with Crippen LogP contribution in [-0.4, -0.2) is 18.5 Å². The van der Waals surface area contributed by atoms with Gasteiger partial charge in [0.25, 0.3) is 0 Å². The van der Waals surface area contributed by atoms with E-state index < -0.39 is 0 Å². The number of benzene rings is 1. The number of anilines is 1. The Hall–Kier alpha value is -2.04. The van der Waals surface area contributed by atoms with Gasteiger partial charge < -0.3 is 16.0 Å². The van der Waals surface area contributed by atoms with Crippen molar-refractivity contribution >= 4 is 17.6 Å². The van der Waals surface area contributed by atoms with Gasteiger partial charge in [0.05, 0.1) is 6.04 Å². The highest BCUT2D eigenvalue weighted by Gasteiger charge is 2.20. The predicted octanol–water partition coefficient (Wildman–Crippen LogP) is 0.999. The highest BCUT2D eigenvalue weighted by molar-refractivity contribution is 5.88. The summed E-state index contributed by atoms with van der Waals surface area (Å²) in [6.07, 6.45) is 0. The maximum absolute atomic E-state index is 11.0. The number of carbonyl (C=O) groups is 2. The molecule has 1 heterocycles. The summed E-state index contributed by atoms with van der Waals surface area (Å²) in [7, 11) is 0. The monoisotopic (exact) mass is 219 g/mol. The summed E-state index contributed by atoms with van der Waals surface area (Å²) in [4.78, 5) is 21.8. The summed E-state index contributed by atoms with van der Waals surface area (Å²) in [5, 5.41) is 8.18. The van der Waals surface area contributed by atoms with Gasteiger partial charge in [-0.15, -0.1) is 0 Å². The van der Waals surface area contributed by atoms with Crippen LogP contribution in [0, 0.1) is 0 Å². The highest BCUT2D eigenvalue weighted by Crippen LogP contribution is 2.17. The van der Waals surface area contributed by atoms with Crippen molar-refractivity contribution in [3.63, 3.8) is 0 Å². The van der Waals surface area contributed by atoms with Crippen LogP contribution in [0.15, 0.2) is 24.3 Å². The van der Waals surface area contributed by atoms with Crippen LogP contribution >= 0.6 is 0 Å². The predicted molar refractivity (Wildman–Crippen MR) is 60.0 cm³/mol. The van der Waals surface area contributed by atoms with Crippen molar-refractivity contribution < 1.29 is 9.59 Å². The van der Waals surface area contributed by atoms with E-state index in [9.17, 15) is 9.59 Å². The largest absolute Gasteiger partial charge is 0.336 e. The van der Waals surface area contributed by atoms with E-state index in [1.807, 2.05) is 24.3 Å². The van der Waals surface area contributed by atoms with Crippen LogP contribution in [0.3, 0.4) is 0 Å². The Labute approximate surface area is 93.2 Å². The lowest BCUT2D eigenvalue weighted by atomic mass is 10.1. The molecule has 2 rings (SSSR count). The first kappa shape index (κ1) is 10.5. The van der Waals surface area contributed by atoms with E-state index in [2.05, 4.69) is 16.0 Å². The SMILES string of the molecule is CC(=O)Nc1ccc([C@H]2CNC(=O)N2)cc1. The van der Waals surface area contributed by atoms with Gasteiger partial charge in [-0.2, -0.15) is 0 Å². The van der Waals surface area contributed by atoms with Gasteiger partial charge in [-0.3, -0.25) is 4.79 Å². The number of rotatable bonds is 2. The topological polar surface area (TPSA) is 70.2 Å². The van der Waals surface area contributed by atoms with Gasteiger partial charge >= 0.3 is 6.03 Å². The van der Waals surface area contributed by atoms with E-state index in [-0.39, 0.29) is 18.0 Å². The summed E-state index contributed by atoms with van der Waals surface area (Å²) < 4.78 is 0. The van der Waals surface area contributed by atoms with Gasteiger partial charge in [0.2, 0.25) is 5.91 Å². The molecule has 3 N–H and O–H groups in total. The molecule has 0 bridgehead atoms. The molecule has 5 nitrogen and oxygen atoms in total. The van der Waals surface area contributed by atoms with Crippen LogP contribution in [0.4, 0.5) is 10.5 Å². The fraction of sp³-hybridized carbons (Fsp3) is 0.273. The summed E-state index contributed by atoms with van der Waals surface area (Å²) in [5.41, 5.74) is 1.78. The van der Waals surface area contributed by atoms with E-state index >= 15 is 0 Å². The van der Waals surface area contributed by atoms with Crippen molar-refractivity contribution in [2.45, 2.75) is 13.0 Å². The van der Waals surface area contributed by atoms with Crippen molar-refractivity contribution in [3.8, 4) is 0 Å². The molecule has 3 amide bonds. The molecule has 0 radical (unpaired) electrons. The minimum atomic E-state index is -0.143. The van der Waals surface area contributed by atoms with E-state index in [0.29, 0.717) is 6.54 Å². The molecule has 1 saturated heterocycles. The molecule has 1 aromatic carbocycles. The van der Waals surface area contributed by atoms with Crippen molar-refractivity contribution in [2.24, 2.45) is 0 Å². The van der Waals surface area contributed by atoms with Crippen molar-refractivity contribution in [1.29, 1.82) is 0 Å². The number of nitrogens with one attached hydrogen (secondary N) is 3. The van der Waals surface area contributed by atoms with Crippen LogP contribution in [0.25, 0.3) is 0 Å². The molecule has 0 spiro atoms. The minimum Gasteiger partial charge on any atom is -0.336 e. The molecule has 1 atom stereocenters. The first-order chi connectivity index (χ1) is 7.65. The van der Waals surface area contributed by atoms with Gasteiger partial charge in [0.15, 0.2) is 0 Å². The maximum atomic E-state index is 11.0. The van der Waals surface area contributed by atoms with Crippen molar-refractivity contribution in [1.82, 2.24) is 10.6 Å². The second kappa shape index (κ2) is 4.22. The Kier molecular flexibility index (Phi) is 2.76. The Morgan fingerprint density at radius 1 is 1.38 bits per heavy atom. The molecule has 84 valence electrons. The zero-order valence-electron chi connectivity index (χ0n) is 8.91. The maximum Gasteiger partial charge on any atom is 0.315 e. The molecule has 0 aliphatic carbocycles. The van der Waals surface area contributed by atoms with Gasteiger partial charge in [0, 0.05) is 19.2 Å². The standard InChI is InChI=1S/C11H13N3O2/c1-7(15)13-9-4-2-8(3-5-9)10-6-12-11(16)14-10/h2-5,10H,6H2,1H3,(H,13,15)(H2,12,14,16)/t10-/m1/s1. The van der Waals surface area contributed by atoms with E-state index in [1.165, 1.54) is 6.92 Å². The molecular weight excluding hydrogens is 206 g/mol. The second-order valence-electron chi connectivity index (χ2n) is 3.71. The third-order valence-corrected chi connectivity index (χ3v) is 2.41. The quantitative estimate of drug-likeness (QED) is 0.694. The third-order valence-electron chi connectivity index (χ3n) is 2.41. The molecule has 0 saturated carbocycles. The van der Waals surface area contributed by atoms with E-state index in [1.54, 1.807) is 0 Å². The third kappa shape index (κ3) is 2.31. The zero-order chi connectivity index (χ0) is 11.5. The smallest absolute Gasteiger partial charge is 0.315 e. The molecule has 16 heavy (non-hydrogen) atoms. The van der Waals surface area contributed by atoms with Crippen LogP contribution in [0.1, 0.15) is 18.5 Å². The molecule has 1 fully saturated rings. The Bertz CT molecular complexity index is 414. The van der Waals surface area contributed by atoms with E-state index in [0.717, 1.165) is 11.3 Å². The van der Waals surface area contributed by atoms with Gasteiger partial charge in [-0.05, 0) is 17.7 Å². The first-order valence-electron chi connectivity index (χ1n) is 5.07. The Balaban J connectivity index is 2.07. The van der Waals surface area contributed by atoms with Crippen molar-refractivity contribution in [3.05, 3.63) is 29.8 Å². The minimum absolute atomic E-state index is 0.0129. The summed E-state index contributed by atoms with van der Waals surface area (Å²) >= 11 is 0. The van der Waals surface area contributed by atoms with Crippen molar-refractivity contribution in [2.75, 3.05) is 11.9 Å². The normalized spacial score (nSPS) is 18.8. The average Bonchev–Trinajstić information content (AvgIpc) is 2.65. The number of carbonyl (C=O) groups excluding carboxylic acids is 2. The van der Waals surface area contributed by atoms with Gasteiger partial charge in [0.1, 0.15) is 0 Å². The lowest BCUT2D eigenvalue weighted by Crippen LogP contribution is -2.21. The lowest BCUT2D eigenvalue weighted by Gasteiger charge is -2.09. The van der Waals surface area contributed by atoms with Crippen LogP contribution < -0.4 is 16.0 Å². The molecule has 0 aromatic heterocycles. The first-order valence-corrected chi connectivity index (χ1v) is 5.07. The summed E-state index contributed by atoms with van der Waals surface area (Å²) in [6.45, 7) is 2.06. The number of hydrogen-bond donors (Lipinski definition) is 3. The summed E-state index contributed by atoms with van der Waals surface area (Å²) in [6, 6.07) is 7.30. The van der Waals surface area contributed by atoms with Crippen LogP contribution in [0.5, 0.6) is 0 Å². The Morgan fingerprint density at radius 3 is 2.56 bits per heavy atom. The molecule has 1 aliphatic heterocycles. The molecular formula is C11H13N3O2. The number of hydrogen-bond acceptors (Lipinski definition) is 2. The van der Waals surface area contributed by atoms with Gasteiger partial charge in [-0.1, -0.05) is 12.1 Å². The fourth-order valence-electron chi connectivity index (χ4n) is 1.66. The highest BCUT2D eigenvalue weighted by atomic mass is 16.2. The zero-order valence-corrected chi connectivity index (χ0v) is 8.91.